The van der Waals surface area contributed by atoms with Crippen molar-refractivity contribution in [3.8, 4) is 0 Å². The molecule has 172 valence electrons. The van der Waals surface area contributed by atoms with Crippen LogP contribution in [0.5, 0.6) is 0 Å². The van der Waals surface area contributed by atoms with Gasteiger partial charge in [0.1, 0.15) is 5.78 Å². The van der Waals surface area contributed by atoms with Crippen molar-refractivity contribution in [3.63, 3.8) is 0 Å². The summed E-state index contributed by atoms with van der Waals surface area (Å²) in [6.07, 6.45) is 6.70. The number of ketones is 2. The second kappa shape index (κ2) is 13.6. The molecule has 0 aliphatic heterocycles. The van der Waals surface area contributed by atoms with Gasteiger partial charge in [0.25, 0.3) is 0 Å². The van der Waals surface area contributed by atoms with Gasteiger partial charge in [-0.15, -0.1) is 12.1 Å². The first-order valence-corrected chi connectivity index (χ1v) is 10.7. The molecule has 0 aliphatic rings. The van der Waals surface area contributed by atoms with Gasteiger partial charge in [-0.25, -0.2) is 0 Å². The summed E-state index contributed by atoms with van der Waals surface area (Å²) in [5.41, 5.74) is 3.35. The summed E-state index contributed by atoms with van der Waals surface area (Å²) >= 11 is 11.5. The molecule has 0 amide bonds. The van der Waals surface area contributed by atoms with Crippen LogP contribution in [0.15, 0.2) is 109 Å². The van der Waals surface area contributed by atoms with Gasteiger partial charge in [0, 0.05) is 27.1 Å². The summed E-state index contributed by atoms with van der Waals surface area (Å²) < 4.78 is 0. The zero-order chi connectivity index (χ0) is 22.8. The molecule has 33 heavy (non-hydrogen) atoms. The third-order valence-electron chi connectivity index (χ3n) is 4.49. The van der Waals surface area contributed by atoms with E-state index in [0.29, 0.717) is 21.2 Å². The molecule has 0 radical (unpaired) electrons. The molecular formula is C28H20Cl2FeO2-6. The van der Waals surface area contributed by atoms with Gasteiger partial charge in [-0.1, -0.05) is 70.7 Å². The third-order valence-corrected chi connectivity index (χ3v) is 4.99. The van der Waals surface area contributed by atoms with E-state index in [0.717, 1.165) is 11.1 Å². The molecule has 0 fully saturated rings. The zero-order valence-electron chi connectivity index (χ0n) is 17.5. The summed E-state index contributed by atoms with van der Waals surface area (Å²) in [6, 6.07) is 29.3. The minimum Gasteiger partial charge on any atom is -0.645 e. The first-order valence-electron chi connectivity index (χ1n) is 9.91. The molecule has 4 aromatic rings. The van der Waals surface area contributed by atoms with Gasteiger partial charge in [-0.2, -0.15) is 18.2 Å². The Morgan fingerprint density at radius 3 is 1.58 bits per heavy atom. The number of hydrogen-bond acceptors (Lipinski definition) is 2. The molecule has 4 rings (SSSR count). The van der Waals surface area contributed by atoms with Crippen molar-refractivity contribution in [1.82, 2.24) is 0 Å². The van der Waals surface area contributed by atoms with Crippen LogP contribution in [0.1, 0.15) is 31.8 Å². The SMILES string of the molecule is O=C(C=Cc1ccc(Cl)cc1)[c-]1[cH-][cH-][cH-][cH-]1.O=C(C=Cc1ccc(Cl)cc1)[c-]1cccc1.[Fe]. The average Bonchev–Trinajstić information content (AvgIpc) is 3.53. The van der Waals surface area contributed by atoms with E-state index < -0.39 is 0 Å². The van der Waals surface area contributed by atoms with Crippen LogP contribution >= 0.6 is 23.2 Å². The van der Waals surface area contributed by atoms with Crippen molar-refractivity contribution < 1.29 is 26.7 Å². The summed E-state index contributed by atoms with van der Waals surface area (Å²) in [4.78, 5) is 23.3. The van der Waals surface area contributed by atoms with Gasteiger partial charge in [0.05, 0.1) is 0 Å². The molecule has 0 N–H and O–H groups in total. The van der Waals surface area contributed by atoms with Gasteiger partial charge in [-0.3, -0.25) is 0 Å². The summed E-state index contributed by atoms with van der Waals surface area (Å²) in [5.74, 6) is 0.0277. The average molecular weight is 515 g/mol. The van der Waals surface area contributed by atoms with Crippen LogP contribution < -0.4 is 0 Å². The molecule has 0 aliphatic carbocycles. The quantitative estimate of drug-likeness (QED) is 0.113. The maximum atomic E-state index is 11.6. The van der Waals surface area contributed by atoms with Gasteiger partial charge < -0.3 is 51.3 Å². The number of benzene rings is 2. The van der Waals surface area contributed by atoms with Gasteiger partial charge in [-0.05, 0) is 29.8 Å². The molecule has 0 aromatic heterocycles. The van der Waals surface area contributed by atoms with E-state index in [2.05, 4.69) is 0 Å². The predicted molar refractivity (Wildman–Crippen MR) is 134 cm³/mol. The number of halogens is 2. The van der Waals surface area contributed by atoms with Crippen LogP contribution in [0, 0.1) is 0 Å². The van der Waals surface area contributed by atoms with Crippen LogP contribution in [0.3, 0.4) is 0 Å². The van der Waals surface area contributed by atoms with Crippen LogP contribution in [0.2, 0.25) is 10.0 Å². The van der Waals surface area contributed by atoms with E-state index in [-0.39, 0.29) is 28.6 Å². The Morgan fingerprint density at radius 2 is 1.12 bits per heavy atom. The molecule has 0 bridgehead atoms. The van der Waals surface area contributed by atoms with Crippen molar-refractivity contribution >= 4 is 46.9 Å². The normalized spacial score (nSPS) is 10.5. The fourth-order valence-corrected chi connectivity index (χ4v) is 3.01. The van der Waals surface area contributed by atoms with Gasteiger partial charge >= 0.3 is 0 Å². The van der Waals surface area contributed by atoms with E-state index in [1.54, 1.807) is 72.8 Å². The predicted octanol–water partition coefficient (Wildman–Crippen LogP) is 7.91. The Morgan fingerprint density at radius 1 is 0.697 bits per heavy atom. The molecule has 0 atom stereocenters. The Bertz CT molecular complexity index is 1090. The largest absolute Gasteiger partial charge is 0.645 e. The van der Waals surface area contributed by atoms with Crippen molar-refractivity contribution in [2.45, 2.75) is 0 Å². The Labute approximate surface area is 214 Å². The standard InChI is InChI=1S/2C14H10ClO.Fe/c2*15-13-8-5-11(6-9-13)7-10-14(16)12-3-1-2-4-12;/h2*1-10H;/q-5;-1;. The smallest absolute Gasteiger partial charge is 0.105 e. The molecule has 0 saturated carbocycles. The molecule has 2 nitrogen and oxygen atoms in total. The topological polar surface area (TPSA) is 34.1 Å². The first-order chi connectivity index (χ1) is 15.5. The molecule has 0 saturated heterocycles. The Kier molecular flexibility index (Phi) is 10.8. The molecule has 0 unspecified atom stereocenters. The van der Waals surface area contributed by atoms with Crippen molar-refractivity contribution in [2.75, 3.05) is 0 Å². The van der Waals surface area contributed by atoms with E-state index in [1.165, 1.54) is 0 Å². The van der Waals surface area contributed by atoms with Crippen LogP contribution in [0.25, 0.3) is 12.2 Å². The fourth-order valence-electron chi connectivity index (χ4n) is 2.76. The number of allylic oxidation sites excluding steroid dienone is 2. The Hall–Kier alpha value is -2.94. The van der Waals surface area contributed by atoms with Crippen LogP contribution in [0.4, 0.5) is 0 Å². The maximum absolute atomic E-state index is 11.6. The minimum absolute atomic E-state index is 0. The van der Waals surface area contributed by atoms with Gasteiger partial charge in [0.2, 0.25) is 0 Å². The van der Waals surface area contributed by atoms with Crippen LogP contribution in [-0.2, 0) is 17.1 Å². The van der Waals surface area contributed by atoms with Crippen molar-refractivity contribution in [1.29, 1.82) is 0 Å². The molecule has 5 heteroatoms. The summed E-state index contributed by atoms with van der Waals surface area (Å²) in [7, 11) is 0. The number of rotatable bonds is 6. The number of carbonyl (C=O) groups excluding carboxylic acids is 2. The second-order valence-electron chi connectivity index (χ2n) is 6.85. The van der Waals surface area contributed by atoms with E-state index in [1.807, 2.05) is 48.5 Å². The van der Waals surface area contributed by atoms with Gasteiger partial charge in [0.15, 0.2) is 0 Å². The fraction of sp³-hybridized carbons (Fsp3) is 0. The van der Waals surface area contributed by atoms with Crippen LogP contribution in [-0.4, -0.2) is 11.6 Å². The number of carbonyl (C=O) groups is 2. The third kappa shape index (κ3) is 8.84. The van der Waals surface area contributed by atoms with Crippen molar-refractivity contribution in [2.24, 2.45) is 0 Å². The van der Waals surface area contributed by atoms with E-state index >= 15 is 0 Å². The monoisotopic (exact) mass is 514 g/mol. The minimum atomic E-state index is 0. The molecular weight excluding hydrogens is 495 g/mol. The Balaban J connectivity index is 0.000000227. The second-order valence-corrected chi connectivity index (χ2v) is 7.72. The summed E-state index contributed by atoms with van der Waals surface area (Å²) in [6.45, 7) is 0. The summed E-state index contributed by atoms with van der Waals surface area (Å²) in [5, 5.41) is 1.39. The van der Waals surface area contributed by atoms with E-state index in [4.69, 9.17) is 23.2 Å². The zero-order valence-corrected chi connectivity index (χ0v) is 20.1. The van der Waals surface area contributed by atoms with E-state index in [9.17, 15) is 9.59 Å². The molecule has 0 spiro atoms. The molecule has 4 aromatic carbocycles. The molecule has 0 heterocycles. The maximum Gasteiger partial charge on any atom is 0.105 e. The van der Waals surface area contributed by atoms with Crippen molar-refractivity contribution in [3.05, 3.63) is 142 Å². The first kappa shape index (κ1) is 26.3. The number of hydrogen-bond donors (Lipinski definition) is 0.